The number of nitrogens with two attached hydrogens (primary N) is 1. The van der Waals surface area contributed by atoms with Crippen molar-refractivity contribution in [3.05, 3.63) is 24.3 Å². The zero-order chi connectivity index (χ0) is 15.6. The highest BCUT2D eigenvalue weighted by molar-refractivity contribution is 7.90. The van der Waals surface area contributed by atoms with Crippen molar-refractivity contribution in [3.63, 3.8) is 0 Å². The van der Waals surface area contributed by atoms with Gasteiger partial charge in [0, 0.05) is 12.1 Å². The molecule has 0 bridgehead atoms. The van der Waals surface area contributed by atoms with Gasteiger partial charge in [0.2, 0.25) is 20.0 Å². The minimum absolute atomic E-state index is 0. The quantitative estimate of drug-likeness (QED) is 0.663. The highest BCUT2D eigenvalue weighted by atomic mass is 35.5. The number of hydrogen-bond acceptors (Lipinski definition) is 5. The maximum Gasteiger partial charge on any atom is 0.241 e. The van der Waals surface area contributed by atoms with Crippen molar-refractivity contribution in [1.82, 2.24) is 9.44 Å². The third kappa shape index (κ3) is 5.20. The van der Waals surface area contributed by atoms with E-state index in [1.54, 1.807) is 13.8 Å². The van der Waals surface area contributed by atoms with Crippen molar-refractivity contribution < 1.29 is 16.8 Å². The van der Waals surface area contributed by atoms with Crippen LogP contribution in [0.2, 0.25) is 0 Å². The number of benzene rings is 1. The maximum atomic E-state index is 12.1. The molecule has 1 aromatic rings. The van der Waals surface area contributed by atoms with Gasteiger partial charge in [-0.2, -0.15) is 0 Å². The topological polar surface area (TPSA) is 118 Å². The lowest BCUT2D eigenvalue weighted by Gasteiger charge is -2.23. The zero-order valence-electron chi connectivity index (χ0n) is 12.0. The smallest absolute Gasteiger partial charge is 0.241 e. The SMILES string of the molecule is CNS(=O)(=O)c1ccc(S(=O)(=O)NC(C)(C)CN)cc1.Cl. The van der Waals surface area contributed by atoms with Gasteiger partial charge in [0.25, 0.3) is 0 Å². The third-order valence-electron chi connectivity index (χ3n) is 2.63. The van der Waals surface area contributed by atoms with Crippen LogP contribution in [0.25, 0.3) is 0 Å². The molecule has 4 N–H and O–H groups in total. The van der Waals surface area contributed by atoms with Crippen LogP contribution >= 0.6 is 12.4 Å². The maximum absolute atomic E-state index is 12.1. The van der Waals surface area contributed by atoms with Crippen molar-refractivity contribution in [2.24, 2.45) is 5.73 Å². The van der Waals surface area contributed by atoms with Crippen LogP contribution in [-0.2, 0) is 20.0 Å². The van der Waals surface area contributed by atoms with Crippen LogP contribution in [0.1, 0.15) is 13.8 Å². The fraction of sp³-hybridized carbons (Fsp3) is 0.455. The molecule has 0 fully saturated rings. The number of nitrogens with one attached hydrogen (secondary N) is 2. The number of rotatable bonds is 6. The second-order valence-corrected chi connectivity index (χ2v) is 8.44. The van der Waals surface area contributed by atoms with E-state index < -0.39 is 25.6 Å². The van der Waals surface area contributed by atoms with Crippen LogP contribution in [-0.4, -0.2) is 36.0 Å². The molecule has 0 amide bonds. The molecule has 122 valence electrons. The largest absolute Gasteiger partial charge is 0.329 e. The monoisotopic (exact) mass is 357 g/mol. The highest BCUT2D eigenvalue weighted by Gasteiger charge is 2.25. The lowest BCUT2D eigenvalue weighted by Crippen LogP contribution is -2.48. The Labute approximate surface area is 131 Å². The predicted molar refractivity (Wildman–Crippen MR) is 83.4 cm³/mol. The molecule has 0 saturated heterocycles. The van der Waals surface area contributed by atoms with Crippen molar-refractivity contribution >= 4 is 32.5 Å². The summed E-state index contributed by atoms with van der Waals surface area (Å²) < 4.78 is 51.9. The van der Waals surface area contributed by atoms with Gasteiger partial charge in [0.15, 0.2) is 0 Å². The lowest BCUT2D eigenvalue weighted by atomic mass is 10.1. The molecule has 0 unspecified atom stereocenters. The molecule has 0 spiro atoms. The van der Waals surface area contributed by atoms with E-state index in [0.717, 1.165) is 0 Å². The van der Waals surface area contributed by atoms with Crippen molar-refractivity contribution in [3.8, 4) is 0 Å². The molecule has 0 aliphatic heterocycles. The van der Waals surface area contributed by atoms with Crippen LogP contribution < -0.4 is 15.2 Å². The summed E-state index contributed by atoms with van der Waals surface area (Å²) in [6.45, 7) is 3.45. The Morgan fingerprint density at radius 2 is 1.38 bits per heavy atom. The fourth-order valence-corrected chi connectivity index (χ4v) is 3.53. The van der Waals surface area contributed by atoms with Crippen LogP contribution in [0.15, 0.2) is 34.1 Å². The molecule has 1 aromatic carbocycles. The Hall–Kier alpha value is -0.710. The average molecular weight is 358 g/mol. The second-order valence-electron chi connectivity index (χ2n) is 4.87. The first kappa shape index (κ1) is 20.3. The van der Waals surface area contributed by atoms with Crippen LogP contribution in [0.4, 0.5) is 0 Å². The standard InChI is InChI=1S/C11H19N3O4S2.ClH/c1-11(2,8-12)14-20(17,18)10-6-4-9(5-7-10)19(15,16)13-3;/h4-7,13-14H,8,12H2,1-3H3;1H. The molecule has 0 aliphatic rings. The summed E-state index contributed by atoms with van der Waals surface area (Å²) in [5, 5.41) is 0. The minimum atomic E-state index is -3.74. The molecule has 0 saturated carbocycles. The summed E-state index contributed by atoms with van der Waals surface area (Å²) in [5.74, 6) is 0. The van der Waals surface area contributed by atoms with E-state index in [1.165, 1.54) is 31.3 Å². The molecule has 7 nitrogen and oxygen atoms in total. The van der Waals surface area contributed by atoms with Gasteiger partial charge in [-0.05, 0) is 45.2 Å². The van der Waals surface area contributed by atoms with Gasteiger partial charge in [-0.3, -0.25) is 0 Å². The van der Waals surface area contributed by atoms with E-state index in [9.17, 15) is 16.8 Å². The van der Waals surface area contributed by atoms with Gasteiger partial charge >= 0.3 is 0 Å². The molecular weight excluding hydrogens is 338 g/mol. The zero-order valence-corrected chi connectivity index (χ0v) is 14.4. The molecule has 0 aliphatic carbocycles. The van der Waals surface area contributed by atoms with Gasteiger partial charge in [-0.15, -0.1) is 12.4 Å². The van der Waals surface area contributed by atoms with E-state index in [2.05, 4.69) is 9.44 Å². The van der Waals surface area contributed by atoms with Crippen LogP contribution in [0.5, 0.6) is 0 Å². The summed E-state index contributed by atoms with van der Waals surface area (Å²) in [7, 11) is -6.05. The average Bonchev–Trinajstić information content (AvgIpc) is 2.38. The molecule has 0 radical (unpaired) electrons. The summed E-state index contributed by atoms with van der Waals surface area (Å²) >= 11 is 0. The predicted octanol–water partition coefficient (Wildman–Crippen LogP) is 0.0321. The fourth-order valence-electron chi connectivity index (χ4n) is 1.38. The second kappa shape index (κ2) is 7.03. The van der Waals surface area contributed by atoms with E-state index in [0.29, 0.717) is 0 Å². The van der Waals surface area contributed by atoms with Gasteiger partial charge in [-0.1, -0.05) is 0 Å². The van der Waals surface area contributed by atoms with E-state index in [-0.39, 0.29) is 28.7 Å². The molecule has 1 rings (SSSR count). The van der Waals surface area contributed by atoms with Gasteiger partial charge in [0.1, 0.15) is 0 Å². The Balaban J connectivity index is 0.00000400. The minimum Gasteiger partial charge on any atom is -0.329 e. The normalized spacial score (nSPS) is 12.8. The molecule has 10 heteroatoms. The Morgan fingerprint density at radius 3 is 1.71 bits per heavy atom. The van der Waals surface area contributed by atoms with Gasteiger partial charge in [-0.25, -0.2) is 26.3 Å². The lowest BCUT2D eigenvalue weighted by molar-refractivity contribution is 0.462. The molecule has 0 atom stereocenters. The Kier molecular flexibility index (Phi) is 6.80. The highest BCUT2D eigenvalue weighted by Crippen LogP contribution is 2.16. The first-order valence-electron chi connectivity index (χ1n) is 5.82. The first-order valence-corrected chi connectivity index (χ1v) is 8.78. The van der Waals surface area contributed by atoms with Crippen LogP contribution in [0, 0.1) is 0 Å². The third-order valence-corrected chi connectivity index (χ3v) is 5.78. The van der Waals surface area contributed by atoms with Gasteiger partial charge < -0.3 is 5.73 Å². The van der Waals surface area contributed by atoms with Crippen molar-refractivity contribution in [2.45, 2.75) is 29.2 Å². The van der Waals surface area contributed by atoms with Crippen LogP contribution in [0.3, 0.4) is 0 Å². The molecule has 0 heterocycles. The summed E-state index contributed by atoms with van der Waals surface area (Å²) in [4.78, 5) is -0.0221. The number of hydrogen-bond donors (Lipinski definition) is 3. The molecule has 21 heavy (non-hydrogen) atoms. The summed E-state index contributed by atoms with van der Waals surface area (Å²) in [6.07, 6.45) is 0. The first-order chi connectivity index (χ1) is 9.04. The van der Waals surface area contributed by atoms with E-state index in [1.807, 2.05) is 0 Å². The van der Waals surface area contributed by atoms with E-state index >= 15 is 0 Å². The van der Waals surface area contributed by atoms with Crippen molar-refractivity contribution in [2.75, 3.05) is 13.6 Å². The summed E-state index contributed by atoms with van der Waals surface area (Å²) in [5.41, 5.74) is 4.69. The Morgan fingerprint density at radius 1 is 1.00 bits per heavy atom. The Bertz CT molecular complexity index is 670. The number of halogens is 1. The number of sulfonamides is 2. The van der Waals surface area contributed by atoms with Gasteiger partial charge in [0.05, 0.1) is 9.79 Å². The van der Waals surface area contributed by atoms with Crippen molar-refractivity contribution in [1.29, 1.82) is 0 Å². The van der Waals surface area contributed by atoms with E-state index in [4.69, 9.17) is 5.73 Å². The summed E-state index contributed by atoms with van der Waals surface area (Å²) in [6, 6.07) is 4.93. The molecular formula is C11H20ClN3O4S2. The molecule has 0 aromatic heterocycles.